The van der Waals surface area contributed by atoms with Gasteiger partial charge in [0.05, 0.1) is 19.3 Å². The van der Waals surface area contributed by atoms with Crippen molar-refractivity contribution in [3.05, 3.63) is 58.3 Å². The largest absolute Gasteiger partial charge is 0.494 e. The van der Waals surface area contributed by atoms with Gasteiger partial charge in [-0.2, -0.15) is 0 Å². The minimum absolute atomic E-state index is 0.131. The molecule has 0 aliphatic heterocycles. The lowest BCUT2D eigenvalue weighted by atomic mass is 10.2. The number of halogens is 2. The second-order valence-corrected chi connectivity index (χ2v) is 6.02. The number of anilines is 1. The molecule has 1 N–H and O–H groups in total. The fourth-order valence-corrected chi connectivity index (χ4v) is 2.56. The molecule has 0 spiro atoms. The van der Waals surface area contributed by atoms with Crippen molar-refractivity contribution in [3.8, 4) is 5.75 Å². The summed E-state index contributed by atoms with van der Waals surface area (Å²) in [4.78, 5) is 13.9. The molecule has 0 aliphatic carbocycles. The maximum absolute atomic E-state index is 13.7. The molecule has 122 valence electrons. The van der Waals surface area contributed by atoms with E-state index >= 15 is 0 Å². The molecule has 0 atom stereocenters. The number of carbonyl (C=O) groups is 1. The van der Waals surface area contributed by atoms with Crippen LogP contribution in [0.5, 0.6) is 5.75 Å². The highest BCUT2D eigenvalue weighted by Gasteiger charge is 2.10. The van der Waals surface area contributed by atoms with Gasteiger partial charge in [0, 0.05) is 11.0 Å². The van der Waals surface area contributed by atoms with E-state index in [9.17, 15) is 9.18 Å². The Morgan fingerprint density at radius 2 is 2.04 bits per heavy atom. The van der Waals surface area contributed by atoms with E-state index in [0.29, 0.717) is 6.54 Å². The number of likely N-dealkylation sites (N-methyl/N-ethyl adjacent to an activating group) is 1. The van der Waals surface area contributed by atoms with Crippen LogP contribution in [0.1, 0.15) is 5.56 Å². The third-order valence-electron chi connectivity index (χ3n) is 3.23. The van der Waals surface area contributed by atoms with Gasteiger partial charge in [0.1, 0.15) is 0 Å². The predicted molar refractivity (Wildman–Crippen MR) is 92.1 cm³/mol. The third-order valence-corrected chi connectivity index (χ3v) is 3.92. The van der Waals surface area contributed by atoms with Crippen LogP contribution in [-0.2, 0) is 11.3 Å². The standard InChI is InChI=1S/C17H18BrFN2O2/c1-21(10-12-7-8-16(23-2)14(19)9-12)11-17(22)20-15-6-4-3-5-13(15)18/h3-9H,10-11H2,1-2H3,(H,20,22). The summed E-state index contributed by atoms with van der Waals surface area (Å²) in [6.45, 7) is 0.666. The Labute approximate surface area is 143 Å². The van der Waals surface area contributed by atoms with Crippen molar-refractivity contribution >= 4 is 27.5 Å². The third kappa shape index (κ3) is 5.04. The van der Waals surface area contributed by atoms with E-state index < -0.39 is 5.82 Å². The van der Waals surface area contributed by atoms with Crippen LogP contribution in [0.15, 0.2) is 46.9 Å². The molecular formula is C17H18BrFN2O2. The molecule has 0 unspecified atom stereocenters. The first-order valence-corrected chi connectivity index (χ1v) is 7.84. The summed E-state index contributed by atoms with van der Waals surface area (Å²) in [6.07, 6.45) is 0. The molecule has 0 bridgehead atoms. The van der Waals surface area contributed by atoms with Crippen LogP contribution in [0.3, 0.4) is 0 Å². The predicted octanol–water partition coefficient (Wildman–Crippen LogP) is 3.67. The lowest BCUT2D eigenvalue weighted by Crippen LogP contribution is -2.29. The first kappa shape index (κ1) is 17.4. The molecule has 0 radical (unpaired) electrons. The maximum Gasteiger partial charge on any atom is 0.238 e. The van der Waals surface area contributed by atoms with Gasteiger partial charge in [-0.15, -0.1) is 0 Å². The van der Waals surface area contributed by atoms with Gasteiger partial charge in [-0.05, 0) is 52.8 Å². The van der Waals surface area contributed by atoms with E-state index in [-0.39, 0.29) is 18.2 Å². The van der Waals surface area contributed by atoms with Crippen LogP contribution in [0.25, 0.3) is 0 Å². The van der Waals surface area contributed by atoms with Gasteiger partial charge in [0.2, 0.25) is 5.91 Å². The van der Waals surface area contributed by atoms with Crippen molar-refractivity contribution in [2.75, 3.05) is 26.0 Å². The SMILES string of the molecule is COc1ccc(CN(C)CC(=O)Nc2ccccc2Br)cc1F. The average molecular weight is 381 g/mol. The van der Waals surface area contributed by atoms with E-state index in [0.717, 1.165) is 15.7 Å². The molecule has 4 nitrogen and oxygen atoms in total. The first-order valence-electron chi connectivity index (χ1n) is 7.05. The van der Waals surface area contributed by atoms with Gasteiger partial charge in [-0.3, -0.25) is 9.69 Å². The van der Waals surface area contributed by atoms with E-state index in [1.165, 1.54) is 13.2 Å². The molecule has 1 amide bonds. The second-order valence-electron chi connectivity index (χ2n) is 5.17. The Kier molecular flexibility index (Phi) is 6.12. The lowest BCUT2D eigenvalue weighted by molar-refractivity contribution is -0.117. The van der Waals surface area contributed by atoms with Gasteiger partial charge in [0.15, 0.2) is 11.6 Å². The summed E-state index contributed by atoms with van der Waals surface area (Å²) in [5, 5.41) is 2.83. The number of nitrogens with zero attached hydrogens (tertiary/aromatic N) is 1. The van der Waals surface area contributed by atoms with E-state index in [1.54, 1.807) is 12.1 Å². The number of nitrogens with one attached hydrogen (secondary N) is 1. The summed E-state index contributed by atoms with van der Waals surface area (Å²) < 4.78 is 19.4. The number of amides is 1. The van der Waals surface area contributed by atoms with E-state index in [4.69, 9.17) is 4.74 Å². The summed E-state index contributed by atoms with van der Waals surface area (Å²) in [5.41, 5.74) is 1.50. The topological polar surface area (TPSA) is 41.6 Å². The quantitative estimate of drug-likeness (QED) is 0.831. The smallest absolute Gasteiger partial charge is 0.238 e. The maximum atomic E-state index is 13.7. The fraction of sp³-hybridized carbons (Fsp3) is 0.235. The molecule has 0 fully saturated rings. The number of carbonyl (C=O) groups excluding carboxylic acids is 1. The molecule has 0 heterocycles. The Morgan fingerprint density at radius 1 is 1.30 bits per heavy atom. The minimum Gasteiger partial charge on any atom is -0.494 e. The van der Waals surface area contributed by atoms with Crippen molar-refractivity contribution in [1.29, 1.82) is 0 Å². The molecule has 0 aliphatic rings. The summed E-state index contributed by atoms with van der Waals surface area (Å²) >= 11 is 3.38. The van der Waals surface area contributed by atoms with Crippen molar-refractivity contribution in [3.63, 3.8) is 0 Å². The molecule has 2 aromatic carbocycles. The molecule has 6 heteroatoms. The van der Waals surface area contributed by atoms with Crippen molar-refractivity contribution in [2.24, 2.45) is 0 Å². The summed E-state index contributed by atoms with van der Waals surface area (Å²) in [7, 11) is 3.23. The normalized spacial score (nSPS) is 10.7. The highest BCUT2D eigenvalue weighted by atomic mass is 79.9. The molecule has 0 saturated carbocycles. The Morgan fingerprint density at radius 3 is 2.70 bits per heavy atom. The lowest BCUT2D eigenvalue weighted by Gasteiger charge is -2.17. The van der Waals surface area contributed by atoms with E-state index in [1.807, 2.05) is 36.2 Å². The van der Waals surface area contributed by atoms with Crippen LogP contribution in [0.4, 0.5) is 10.1 Å². The number of benzene rings is 2. The molecule has 2 aromatic rings. The number of ether oxygens (including phenoxy) is 1. The van der Waals surface area contributed by atoms with E-state index in [2.05, 4.69) is 21.2 Å². The molecule has 0 saturated heterocycles. The Hall–Kier alpha value is -1.92. The van der Waals surface area contributed by atoms with Crippen molar-refractivity contribution in [1.82, 2.24) is 4.90 Å². The average Bonchev–Trinajstić information content (AvgIpc) is 2.49. The van der Waals surface area contributed by atoms with Crippen LogP contribution in [0.2, 0.25) is 0 Å². The number of hydrogen-bond acceptors (Lipinski definition) is 3. The first-order chi connectivity index (χ1) is 11.0. The Bertz CT molecular complexity index is 694. The number of methoxy groups -OCH3 is 1. The number of para-hydroxylation sites is 1. The molecule has 2 rings (SSSR count). The van der Waals surface area contributed by atoms with Crippen LogP contribution >= 0.6 is 15.9 Å². The van der Waals surface area contributed by atoms with Gasteiger partial charge in [-0.25, -0.2) is 4.39 Å². The number of rotatable bonds is 6. The monoisotopic (exact) mass is 380 g/mol. The van der Waals surface area contributed by atoms with Gasteiger partial charge < -0.3 is 10.1 Å². The Balaban J connectivity index is 1.91. The van der Waals surface area contributed by atoms with Gasteiger partial charge >= 0.3 is 0 Å². The molecule has 0 aromatic heterocycles. The molecule has 23 heavy (non-hydrogen) atoms. The highest BCUT2D eigenvalue weighted by molar-refractivity contribution is 9.10. The fourth-order valence-electron chi connectivity index (χ4n) is 2.17. The van der Waals surface area contributed by atoms with Gasteiger partial charge in [0.25, 0.3) is 0 Å². The van der Waals surface area contributed by atoms with Crippen LogP contribution in [0, 0.1) is 5.82 Å². The van der Waals surface area contributed by atoms with Crippen molar-refractivity contribution < 1.29 is 13.9 Å². The zero-order valence-electron chi connectivity index (χ0n) is 13.0. The zero-order valence-corrected chi connectivity index (χ0v) is 14.6. The van der Waals surface area contributed by atoms with Crippen LogP contribution < -0.4 is 10.1 Å². The highest BCUT2D eigenvalue weighted by Crippen LogP contribution is 2.21. The van der Waals surface area contributed by atoms with Crippen LogP contribution in [-0.4, -0.2) is 31.5 Å². The molecular weight excluding hydrogens is 363 g/mol. The zero-order chi connectivity index (χ0) is 16.8. The minimum atomic E-state index is -0.406. The number of hydrogen-bond donors (Lipinski definition) is 1. The van der Waals surface area contributed by atoms with Crippen molar-refractivity contribution in [2.45, 2.75) is 6.54 Å². The summed E-state index contributed by atoms with van der Waals surface area (Å²) in [6, 6.07) is 12.2. The second kappa shape index (κ2) is 8.08. The van der Waals surface area contributed by atoms with Gasteiger partial charge in [-0.1, -0.05) is 18.2 Å². The summed E-state index contributed by atoms with van der Waals surface area (Å²) in [5.74, 6) is -0.326.